The molecule has 0 fully saturated rings. The molecule has 0 aliphatic carbocycles. The van der Waals surface area contributed by atoms with E-state index in [1.807, 2.05) is 0 Å². The van der Waals surface area contributed by atoms with Gasteiger partial charge in [-0.2, -0.15) is 0 Å². The Balaban J connectivity index is 1.68. The topological polar surface area (TPSA) is 74.2 Å². The summed E-state index contributed by atoms with van der Waals surface area (Å²) < 4.78 is 175. The van der Waals surface area contributed by atoms with Crippen LogP contribution >= 0.6 is 0 Å². The van der Waals surface area contributed by atoms with Gasteiger partial charge in [-0.25, -0.2) is 82.6 Å². The van der Waals surface area contributed by atoms with Crippen LogP contribution in [0.5, 0.6) is 0 Å². The molecule has 0 saturated heterocycles. The number of rotatable bonds is 0. The van der Waals surface area contributed by atoms with Crippen molar-refractivity contribution in [2.45, 2.75) is 0 Å². The van der Waals surface area contributed by atoms with Crippen LogP contribution in [0.2, 0.25) is 0 Å². The minimum atomic E-state index is -2.40. The van der Waals surface area contributed by atoms with E-state index in [9.17, 15) is 52.7 Å². The van der Waals surface area contributed by atoms with E-state index in [4.69, 9.17) is 0 Å². The summed E-state index contributed by atoms with van der Waals surface area (Å²) in [5.74, 6) is -34.3. The van der Waals surface area contributed by atoms with Crippen molar-refractivity contribution < 1.29 is 52.7 Å². The molecule has 3 aromatic carbocycles. The van der Waals surface area contributed by atoms with Gasteiger partial charge in [0, 0.05) is 0 Å². The summed E-state index contributed by atoms with van der Waals surface area (Å²) in [6.07, 6.45) is 0. The minimum Gasteiger partial charge on any atom is -0.208 e. The number of amidine groups is 6. The summed E-state index contributed by atoms with van der Waals surface area (Å²) in [6.45, 7) is 0. The molecule has 0 saturated carbocycles. The molecule has 0 atom stereocenters. The summed E-state index contributed by atoms with van der Waals surface area (Å²) in [6, 6.07) is 0. The molecule has 3 aromatic rings. The van der Waals surface area contributed by atoms with E-state index in [0.29, 0.717) is 0 Å². The third-order valence-electron chi connectivity index (χ3n) is 6.41. The SMILES string of the molecule is Fc1c(F)c(F)c2c(c1F)C1=NC2=NC2=NC(=NC3=NC(=N1)c1c(F)c(F)c(F)c(F)c13)c1c(F)c(F)c(F)c(F)c12. The first-order valence-electron chi connectivity index (χ1n) is 11.0. The van der Waals surface area contributed by atoms with Crippen molar-refractivity contribution in [1.82, 2.24) is 0 Å². The lowest BCUT2D eigenvalue weighted by Crippen LogP contribution is -2.13. The first-order valence-corrected chi connectivity index (χ1v) is 11.0. The monoisotopic (exact) mass is 600 g/mol. The fourth-order valence-corrected chi connectivity index (χ4v) is 4.58. The lowest BCUT2D eigenvalue weighted by Gasteiger charge is -2.08. The van der Waals surface area contributed by atoms with E-state index in [2.05, 4.69) is 30.0 Å². The summed E-state index contributed by atoms with van der Waals surface area (Å²) in [5, 5.41) is 0. The molecule has 6 bridgehead atoms. The highest BCUT2D eigenvalue weighted by Gasteiger charge is 2.42. The van der Waals surface area contributed by atoms with E-state index in [-0.39, 0.29) is 0 Å². The van der Waals surface area contributed by atoms with Crippen LogP contribution in [0, 0.1) is 69.8 Å². The van der Waals surface area contributed by atoms with Crippen LogP contribution in [-0.4, -0.2) is 35.0 Å². The Morgan fingerprint density at radius 3 is 0.429 bits per heavy atom. The van der Waals surface area contributed by atoms with Gasteiger partial charge in [0.2, 0.25) is 0 Å². The number of nitrogens with zero attached hydrogens (tertiary/aromatic N) is 6. The summed E-state index contributed by atoms with van der Waals surface area (Å²) in [5.41, 5.74) is -7.82. The maximum atomic E-state index is 14.9. The van der Waals surface area contributed by atoms with Crippen LogP contribution in [0.4, 0.5) is 52.7 Å². The van der Waals surface area contributed by atoms with E-state index in [1.54, 1.807) is 0 Å². The average molecular weight is 600 g/mol. The molecule has 4 heterocycles. The smallest absolute Gasteiger partial charge is 0.198 e. The molecule has 0 aromatic heterocycles. The molecule has 4 aliphatic heterocycles. The Labute approximate surface area is 221 Å². The molecule has 0 amide bonds. The maximum Gasteiger partial charge on any atom is 0.198 e. The van der Waals surface area contributed by atoms with E-state index < -0.39 is 138 Å². The molecule has 0 spiro atoms. The fourth-order valence-electron chi connectivity index (χ4n) is 4.58. The number of aliphatic imine (C=N–C) groups is 6. The van der Waals surface area contributed by atoms with Crippen LogP contribution in [0.3, 0.4) is 0 Å². The van der Waals surface area contributed by atoms with Crippen LogP contribution < -0.4 is 0 Å². The molecule has 6 nitrogen and oxygen atoms in total. The van der Waals surface area contributed by atoms with Crippen molar-refractivity contribution in [2.24, 2.45) is 30.0 Å². The fraction of sp³-hybridized carbons (Fsp3) is 0. The van der Waals surface area contributed by atoms with Crippen molar-refractivity contribution >= 4 is 35.0 Å². The Morgan fingerprint density at radius 2 is 0.310 bits per heavy atom. The molecule has 0 N–H and O–H groups in total. The molecule has 0 unspecified atom stereocenters. The largest absolute Gasteiger partial charge is 0.208 e. The Morgan fingerprint density at radius 1 is 0.190 bits per heavy atom. The second kappa shape index (κ2) is 8.20. The van der Waals surface area contributed by atoms with E-state index in [0.717, 1.165) is 0 Å². The molecule has 7 rings (SSSR count). The van der Waals surface area contributed by atoms with Gasteiger partial charge in [-0.3, -0.25) is 0 Å². The van der Waals surface area contributed by atoms with Crippen LogP contribution in [0.15, 0.2) is 30.0 Å². The van der Waals surface area contributed by atoms with Crippen molar-refractivity contribution in [3.05, 3.63) is 103 Å². The van der Waals surface area contributed by atoms with E-state index >= 15 is 0 Å². The highest BCUT2D eigenvalue weighted by atomic mass is 19.2. The van der Waals surface area contributed by atoms with E-state index in [1.165, 1.54) is 0 Å². The predicted octanol–water partition coefficient (Wildman–Crippen LogP) is 5.29. The van der Waals surface area contributed by atoms with Gasteiger partial charge in [0.05, 0.1) is 33.4 Å². The van der Waals surface area contributed by atoms with Crippen LogP contribution in [-0.2, 0) is 0 Å². The summed E-state index contributed by atoms with van der Waals surface area (Å²) in [7, 11) is 0. The summed E-state index contributed by atoms with van der Waals surface area (Å²) in [4.78, 5) is 21.4. The number of benzene rings is 3. The molecular formula is C24F12N6. The Bertz CT molecular complexity index is 1860. The standard InChI is InChI=1S/C24F12N6/c25-7-1-2(8(26)14(32)13(7)31)20-37-19(1)40-21-3-4(10(28)16(34)15(33)9(3)27)23(38-21)42-24-6-5(22(39-24)41-20)11(29)17(35)18(36)12(6)30. The third kappa shape index (κ3) is 3.03. The molecule has 4 aliphatic rings. The van der Waals surface area contributed by atoms with Gasteiger partial charge in [-0.05, 0) is 0 Å². The van der Waals surface area contributed by atoms with Gasteiger partial charge in [0.1, 0.15) is 0 Å². The van der Waals surface area contributed by atoms with Gasteiger partial charge in [-0.1, -0.05) is 0 Å². The van der Waals surface area contributed by atoms with Crippen molar-refractivity contribution in [3.63, 3.8) is 0 Å². The molecule has 18 heteroatoms. The summed E-state index contributed by atoms with van der Waals surface area (Å²) >= 11 is 0. The predicted molar refractivity (Wildman–Crippen MR) is 118 cm³/mol. The Hall–Kier alpha value is -5.16. The maximum absolute atomic E-state index is 14.9. The number of hydrogen-bond acceptors (Lipinski definition) is 6. The molecule has 42 heavy (non-hydrogen) atoms. The molecular weight excluding hydrogens is 600 g/mol. The zero-order chi connectivity index (χ0) is 30.1. The highest BCUT2D eigenvalue weighted by Crippen LogP contribution is 2.37. The van der Waals surface area contributed by atoms with Gasteiger partial charge in [0.15, 0.2) is 105 Å². The Kier molecular flexibility index (Phi) is 5.03. The number of fused-ring (bicyclic) bond motifs is 12. The highest BCUT2D eigenvalue weighted by molar-refractivity contribution is 6.35. The third-order valence-corrected chi connectivity index (χ3v) is 6.41. The molecule has 210 valence electrons. The van der Waals surface area contributed by atoms with Gasteiger partial charge >= 0.3 is 0 Å². The van der Waals surface area contributed by atoms with Crippen LogP contribution in [0.25, 0.3) is 0 Å². The first kappa shape index (κ1) is 25.8. The van der Waals surface area contributed by atoms with Crippen LogP contribution in [0.1, 0.15) is 33.4 Å². The minimum absolute atomic E-state index is 1.17. The average Bonchev–Trinajstić information content (AvgIpc) is 3.62. The lowest BCUT2D eigenvalue weighted by atomic mass is 10.0. The quantitative estimate of drug-likeness (QED) is 0.191. The second-order valence-electron chi connectivity index (χ2n) is 8.63. The second-order valence-corrected chi connectivity index (χ2v) is 8.63. The zero-order valence-electron chi connectivity index (χ0n) is 19.2. The van der Waals surface area contributed by atoms with Gasteiger partial charge in [-0.15, -0.1) is 0 Å². The lowest BCUT2D eigenvalue weighted by molar-refractivity contribution is 0.407. The number of hydrogen-bond donors (Lipinski definition) is 0. The molecule has 0 radical (unpaired) electrons. The van der Waals surface area contributed by atoms with Gasteiger partial charge < -0.3 is 0 Å². The van der Waals surface area contributed by atoms with Gasteiger partial charge in [0.25, 0.3) is 0 Å². The number of halogens is 12. The zero-order valence-corrected chi connectivity index (χ0v) is 19.2. The first-order chi connectivity index (χ1) is 19.8. The van der Waals surface area contributed by atoms with Crippen molar-refractivity contribution in [3.8, 4) is 0 Å². The van der Waals surface area contributed by atoms with Crippen molar-refractivity contribution in [1.29, 1.82) is 0 Å². The normalized spacial score (nSPS) is 16.0. The van der Waals surface area contributed by atoms with Crippen molar-refractivity contribution in [2.75, 3.05) is 0 Å².